The van der Waals surface area contributed by atoms with Gasteiger partial charge in [0.15, 0.2) is 0 Å². The summed E-state index contributed by atoms with van der Waals surface area (Å²) in [6, 6.07) is -0.130. The van der Waals surface area contributed by atoms with E-state index in [1.165, 1.54) is 19.3 Å². The van der Waals surface area contributed by atoms with Gasteiger partial charge in [-0.05, 0) is 19.9 Å². The SMILES string of the molecule is CN1CCN(C2CCCCC2)C(=O)C1CC(=O)O. The number of hydrogen-bond donors (Lipinski definition) is 1. The predicted octanol–water partition coefficient (Wildman–Crippen LogP) is 0.936. The number of hydrogen-bond acceptors (Lipinski definition) is 3. The maximum absolute atomic E-state index is 12.4. The highest BCUT2D eigenvalue weighted by atomic mass is 16.4. The van der Waals surface area contributed by atoms with E-state index in [2.05, 4.69) is 0 Å². The van der Waals surface area contributed by atoms with Crippen LogP contribution in [-0.4, -0.2) is 59.0 Å². The minimum absolute atomic E-state index is 0.0121. The van der Waals surface area contributed by atoms with E-state index in [4.69, 9.17) is 5.11 Å². The van der Waals surface area contributed by atoms with Crippen LogP contribution in [-0.2, 0) is 9.59 Å². The van der Waals surface area contributed by atoms with Crippen LogP contribution >= 0.6 is 0 Å². The van der Waals surface area contributed by atoms with Crippen LogP contribution in [0, 0.1) is 0 Å². The zero-order chi connectivity index (χ0) is 13.1. The second-order valence-corrected chi connectivity index (χ2v) is 5.42. The van der Waals surface area contributed by atoms with Crippen molar-refractivity contribution in [2.45, 2.75) is 50.6 Å². The van der Waals surface area contributed by atoms with Gasteiger partial charge in [0.05, 0.1) is 12.5 Å². The number of piperazine rings is 1. The molecule has 0 aromatic heterocycles. The van der Waals surface area contributed by atoms with Crippen molar-refractivity contribution in [3.8, 4) is 0 Å². The van der Waals surface area contributed by atoms with E-state index in [0.29, 0.717) is 6.04 Å². The number of carbonyl (C=O) groups is 2. The molecule has 0 bridgehead atoms. The van der Waals surface area contributed by atoms with Crippen molar-refractivity contribution in [2.24, 2.45) is 0 Å². The van der Waals surface area contributed by atoms with E-state index in [-0.39, 0.29) is 12.3 Å². The average molecular weight is 254 g/mol. The van der Waals surface area contributed by atoms with Gasteiger partial charge in [-0.25, -0.2) is 0 Å². The highest BCUT2D eigenvalue weighted by Crippen LogP contribution is 2.25. The van der Waals surface area contributed by atoms with E-state index < -0.39 is 12.0 Å². The van der Waals surface area contributed by atoms with Crippen LogP contribution in [0.25, 0.3) is 0 Å². The van der Waals surface area contributed by atoms with Gasteiger partial charge in [-0.3, -0.25) is 14.5 Å². The summed E-state index contributed by atoms with van der Waals surface area (Å²) >= 11 is 0. The van der Waals surface area contributed by atoms with Crippen LogP contribution in [0.5, 0.6) is 0 Å². The molecule has 1 atom stereocenters. The molecular formula is C13H22N2O3. The Labute approximate surface area is 108 Å². The van der Waals surface area contributed by atoms with Crippen molar-refractivity contribution in [3.05, 3.63) is 0 Å². The van der Waals surface area contributed by atoms with Gasteiger partial charge >= 0.3 is 5.97 Å². The van der Waals surface area contributed by atoms with E-state index in [1.807, 2.05) is 16.8 Å². The Morgan fingerprint density at radius 2 is 1.94 bits per heavy atom. The lowest BCUT2D eigenvalue weighted by Gasteiger charge is -2.43. The molecule has 1 aliphatic carbocycles. The second kappa shape index (κ2) is 5.69. The molecule has 102 valence electrons. The fourth-order valence-corrected chi connectivity index (χ4v) is 3.08. The highest BCUT2D eigenvalue weighted by Gasteiger charge is 2.37. The quantitative estimate of drug-likeness (QED) is 0.814. The Bertz CT molecular complexity index is 326. The first-order valence-corrected chi connectivity index (χ1v) is 6.82. The molecule has 5 nitrogen and oxygen atoms in total. The number of carboxylic acids is 1. The summed E-state index contributed by atoms with van der Waals surface area (Å²) in [5.74, 6) is -0.885. The van der Waals surface area contributed by atoms with Crippen LogP contribution in [0.15, 0.2) is 0 Å². The van der Waals surface area contributed by atoms with Gasteiger partial charge in [0.2, 0.25) is 5.91 Å². The lowest BCUT2D eigenvalue weighted by Crippen LogP contribution is -2.59. The molecule has 0 radical (unpaired) electrons. The topological polar surface area (TPSA) is 60.9 Å². The van der Waals surface area contributed by atoms with Crippen LogP contribution in [0.1, 0.15) is 38.5 Å². The normalized spacial score (nSPS) is 27.5. The Morgan fingerprint density at radius 1 is 1.28 bits per heavy atom. The third kappa shape index (κ3) is 2.83. The molecule has 1 amide bonds. The summed E-state index contributed by atoms with van der Waals surface area (Å²) < 4.78 is 0. The molecule has 0 aromatic rings. The first kappa shape index (κ1) is 13.3. The van der Waals surface area contributed by atoms with Gasteiger partial charge in [-0.2, -0.15) is 0 Å². The predicted molar refractivity (Wildman–Crippen MR) is 67.3 cm³/mol. The molecule has 2 rings (SSSR count). The van der Waals surface area contributed by atoms with Crippen LogP contribution < -0.4 is 0 Å². The van der Waals surface area contributed by atoms with E-state index >= 15 is 0 Å². The minimum Gasteiger partial charge on any atom is -0.481 e. The maximum atomic E-state index is 12.4. The number of carboxylic acid groups (broad SMARTS) is 1. The summed E-state index contributed by atoms with van der Waals surface area (Å²) in [6.07, 6.45) is 5.71. The molecule has 1 saturated heterocycles. The third-order valence-electron chi connectivity index (χ3n) is 4.18. The van der Waals surface area contributed by atoms with Crippen molar-refractivity contribution in [1.82, 2.24) is 9.80 Å². The van der Waals surface area contributed by atoms with E-state index in [9.17, 15) is 9.59 Å². The summed E-state index contributed by atoms with van der Waals surface area (Å²) in [7, 11) is 1.84. The number of amides is 1. The van der Waals surface area contributed by atoms with Crippen molar-refractivity contribution in [2.75, 3.05) is 20.1 Å². The van der Waals surface area contributed by atoms with Gasteiger partial charge in [0, 0.05) is 19.1 Å². The fourth-order valence-electron chi connectivity index (χ4n) is 3.08. The number of rotatable bonds is 3. The number of likely N-dealkylation sites (N-methyl/N-ethyl adjacent to an activating group) is 1. The zero-order valence-corrected chi connectivity index (χ0v) is 11.0. The smallest absolute Gasteiger partial charge is 0.305 e. The van der Waals surface area contributed by atoms with E-state index in [0.717, 1.165) is 25.9 Å². The maximum Gasteiger partial charge on any atom is 0.305 e. The summed E-state index contributed by atoms with van der Waals surface area (Å²) in [5.41, 5.74) is 0. The van der Waals surface area contributed by atoms with Crippen LogP contribution in [0.4, 0.5) is 0 Å². The highest BCUT2D eigenvalue weighted by molar-refractivity contribution is 5.87. The van der Waals surface area contributed by atoms with Crippen molar-refractivity contribution in [1.29, 1.82) is 0 Å². The molecule has 0 spiro atoms. The molecule has 5 heteroatoms. The van der Waals surface area contributed by atoms with Crippen molar-refractivity contribution < 1.29 is 14.7 Å². The zero-order valence-electron chi connectivity index (χ0n) is 11.0. The minimum atomic E-state index is -0.898. The van der Waals surface area contributed by atoms with Crippen LogP contribution in [0.3, 0.4) is 0 Å². The largest absolute Gasteiger partial charge is 0.481 e. The van der Waals surface area contributed by atoms with Crippen molar-refractivity contribution in [3.63, 3.8) is 0 Å². The third-order valence-corrected chi connectivity index (χ3v) is 4.18. The lowest BCUT2D eigenvalue weighted by molar-refractivity contribution is -0.150. The molecular weight excluding hydrogens is 232 g/mol. The van der Waals surface area contributed by atoms with Gasteiger partial charge in [0.25, 0.3) is 0 Å². The summed E-state index contributed by atoms with van der Waals surface area (Å²) in [4.78, 5) is 27.0. The fraction of sp³-hybridized carbons (Fsp3) is 0.846. The molecule has 1 heterocycles. The monoisotopic (exact) mass is 254 g/mol. The standard InChI is InChI=1S/C13H22N2O3/c1-14-7-8-15(10-5-3-2-4-6-10)13(18)11(14)9-12(16)17/h10-11H,2-9H2,1H3,(H,16,17). The number of nitrogens with zero attached hydrogens (tertiary/aromatic N) is 2. The van der Waals surface area contributed by atoms with Gasteiger partial charge in [-0.1, -0.05) is 19.3 Å². The molecule has 2 fully saturated rings. The summed E-state index contributed by atoms with van der Waals surface area (Å²) in [5, 5.41) is 8.90. The Kier molecular flexibility index (Phi) is 4.22. The molecule has 0 aromatic carbocycles. The Morgan fingerprint density at radius 3 is 2.56 bits per heavy atom. The number of carbonyl (C=O) groups excluding carboxylic acids is 1. The van der Waals surface area contributed by atoms with Crippen molar-refractivity contribution >= 4 is 11.9 Å². The number of aliphatic carboxylic acids is 1. The second-order valence-electron chi connectivity index (χ2n) is 5.42. The molecule has 1 N–H and O–H groups in total. The first-order chi connectivity index (χ1) is 8.59. The van der Waals surface area contributed by atoms with Gasteiger partial charge in [-0.15, -0.1) is 0 Å². The Balaban J connectivity index is 2.03. The molecule has 1 aliphatic heterocycles. The molecule has 2 aliphatic rings. The summed E-state index contributed by atoms with van der Waals surface area (Å²) in [6.45, 7) is 1.52. The van der Waals surface area contributed by atoms with Gasteiger partial charge in [0.1, 0.15) is 0 Å². The average Bonchev–Trinajstić information content (AvgIpc) is 2.35. The van der Waals surface area contributed by atoms with Crippen LogP contribution in [0.2, 0.25) is 0 Å². The first-order valence-electron chi connectivity index (χ1n) is 6.82. The molecule has 1 saturated carbocycles. The van der Waals surface area contributed by atoms with Gasteiger partial charge < -0.3 is 10.0 Å². The van der Waals surface area contributed by atoms with E-state index in [1.54, 1.807) is 0 Å². The molecule has 1 unspecified atom stereocenters. The molecule has 18 heavy (non-hydrogen) atoms. The lowest BCUT2D eigenvalue weighted by atomic mass is 9.92. The Hall–Kier alpha value is -1.10.